The number of amides is 1. The van der Waals surface area contributed by atoms with Crippen LogP contribution in [0.3, 0.4) is 0 Å². The lowest BCUT2D eigenvalue weighted by Crippen LogP contribution is -2.68. The Balaban J connectivity index is 2.55. The van der Waals surface area contributed by atoms with Crippen molar-refractivity contribution in [1.29, 1.82) is 0 Å². The molecule has 12 nitrogen and oxygen atoms in total. The van der Waals surface area contributed by atoms with Crippen LogP contribution < -0.4 is 5.32 Å². The van der Waals surface area contributed by atoms with Crippen LogP contribution >= 0.6 is 0 Å². The number of aliphatic hydroxyl groups excluding tert-OH is 4. The Kier molecular flexibility index (Phi) is 45.6. The fraction of sp³-hybridized carbons (Fsp3) is 0.967. The highest BCUT2D eigenvalue weighted by Gasteiger charge is 2.56. The number of aliphatic carboxylic acids is 1. The number of hydrogen-bond acceptors (Lipinski definition) is 10. The molecule has 0 aromatic carbocycles. The summed E-state index contributed by atoms with van der Waals surface area (Å²) in [5.74, 6) is -4.49. The maximum atomic E-state index is 13.0. The number of hydrogen-bond donors (Lipinski definition) is 6. The summed E-state index contributed by atoms with van der Waals surface area (Å²) in [4.78, 5) is 25.0. The van der Waals surface area contributed by atoms with Crippen molar-refractivity contribution in [2.45, 2.75) is 334 Å². The highest BCUT2D eigenvalue weighted by molar-refractivity contribution is 5.76. The lowest BCUT2D eigenvalue weighted by Gasteiger charge is -2.47. The van der Waals surface area contributed by atoms with Crippen LogP contribution in [0.4, 0.5) is 0 Å². The molecule has 1 aliphatic heterocycles. The normalized spacial score (nSPS) is 19.1. The van der Waals surface area contributed by atoms with Crippen molar-refractivity contribution in [2.24, 2.45) is 5.41 Å². The van der Waals surface area contributed by atoms with Crippen molar-refractivity contribution in [3.05, 3.63) is 0 Å². The van der Waals surface area contributed by atoms with E-state index in [1.54, 1.807) is 0 Å². The van der Waals surface area contributed by atoms with E-state index in [0.29, 0.717) is 19.6 Å². The van der Waals surface area contributed by atoms with Gasteiger partial charge in [0.2, 0.25) is 5.91 Å². The summed E-state index contributed by atoms with van der Waals surface area (Å²) >= 11 is 0. The average molecular weight is 1040 g/mol. The minimum Gasteiger partial charge on any atom is -0.477 e. The molecule has 1 fully saturated rings. The van der Waals surface area contributed by atoms with Crippen molar-refractivity contribution in [1.82, 2.24) is 5.32 Å². The molecule has 1 aliphatic rings. The van der Waals surface area contributed by atoms with Crippen molar-refractivity contribution in [3.8, 4) is 0 Å². The lowest BCUT2D eigenvalue weighted by molar-refractivity contribution is -0.319. The van der Waals surface area contributed by atoms with Gasteiger partial charge in [0, 0.05) is 32.0 Å². The number of carbonyl (C=O) groups excluding carboxylic acids is 1. The third-order valence-electron chi connectivity index (χ3n) is 15.6. The molecule has 0 aliphatic carbocycles. The second-order valence-corrected chi connectivity index (χ2v) is 22.6. The predicted octanol–water partition coefficient (Wildman–Crippen LogP) is 14.2. The monoisotopic (exact) mass is 1040 g/mol. The molecule has 0 spiro atoms. The maximum absolute atomic E-state index is 13.0. The number of aliphatic hydroxyl groups is 4. The topological polar surface area (TPSA) is 184 Å². The first-order valence-electron chi connectivity index (χ1n) is 31.1. The second-order valence-electron chi connectivity index (χ2n) is 22.6. The molecular weight excluding hydrogens is 923 g/mol. The second kappa shape index (κ2) is 47.8. The van der Waals surface area contributed by atoms with Gasteiger partial charge in [-0.25, -0.2) is 4.79 Å². The Morgan fingerprint density at radius 2 is 0.863 bits per heavy atom. The Hall–Kier alpha value is -1.38. The van der Waals surface area contributed by atoms with Crippen molar-refractivity contribution >= 4 is 11.9 Å². The van der Waals surface area contributed by atoms with Gasteiger partial charge in [-0.1, -0.05) is 265 Å². The first-order valence-corrected chi connectivity index (χ1v) is 31.1. The van der Waals surface area contributed by atoms with E-state index in [1.165, 1.54) is 238 Å². The van der Waals surface area contributed by atoms with Crippen molar-refractivity contribution < 1.29 is 54.1 Å². The number of carboxylic acids is 1. The zero-order chi connectivity index (χ0) is 53.5. The third-order valence-corrected chi connectivity index (χ3v) is 15.6. The van der Waals surface area contributed by atoms with Gasteiger partial charge >= 0.3 is 5.97 Å². The molecule has 0 radical (unpaired) electrons. The van der Waals surface area contributed by atoms with E-state index in [4.69, 9.17) is 18.9 Å². The molecule has 73 heavy (non-hydrogen) atoms. The molecule has 0 aromatic rings. The van der Waals surface area contributed by atoms with Gasteiger partial charge in [-0.05, 0) is 19.3 Å². The Morgan fingerprint density at radius 1 is 0.548 bits per heavy atom. The van der Waals surface area contributed by atoms with Crippen LogP contribution in [0.1, 0.15) is 297 Å². The van der Waals surface area contributed by atoms with Crippen LogP contribution in [0.15, 0.2) is 0 Å². The van der Waals surface area contributed by atoms with E-state index in [-0.39, 0.29) is 19.8 Å². The summed E-state index contributed by atoms with van der Waals surface area (Å²) in [5.41, 5.74) is -0.745. The van der Waals surface area contributed by atoms with Gasteiger partial charge in [-0.15, -0.1) is 0 Å². The SMILES string of the molecule is CCCCCCCCCCCCCCCCCCCCCCOCC(CC)(COCCCCCCCCCCCCCCCCCCCCCC)CO[C@]1(C(=O)O)C[C@H](O)[C@@H](NC(C)=O)[C@H]([C@H](O)[C@H](O)CO)O1. The Bertz CT molecular complexity index is 1190. The standard InChI is InChI=1S/C61H119NO11/c1-5-8-10-12-14-16-18-20-22-24-26-28-30-32-34-36-38-40-42-44-46-70-50-60(7-3,52-72-61(59(68)69)48-54(65)56(62-53(4)64)58(73-61)57(67)55(66)49-63)51-71-47-45-43-41-39-37-35-33-31-29-27-25-23-21-19-17-15-13-11-9-6-2/h54-58,63,65-67H,5-52H2,1-4H3,(H,62,64)(H,68,69)/t54-,55+,56+,57+,58+,61+/m0/s1. The first-order chi connectivity index (χ1) is 35.5. The average Bonchev–Trinajstić information content (AvgIpc) is 3.38. The van der Waals surface area contributed by atoms with Crippen LogP contribution in [0.2, 0.25) is 0 Å². The molecule has 12 heteroatoms. The summed E-state index contributed by atoms with van der Waals surface area (Å²) < 4.78 is 24.8. The molecule has 1 rings (SSSR count). The zero-order valence-electron chi connectivity index (χ0n) is 48.0. The van der Waals surface area contributed by atoms with E-state index in [0.717, 1.165) is 25.7 Å². The molecule has 434 valence electrons. The number of ether oxygens (including phenoxy) is 4. The van der Waals surface area contributed by atoms with Crippen LogP contribution in [-0.4, -0.2) is 113 Å². The van der Waals surface area contributed by atoms with Gasteiger partial charge < -0.3 is 49.8 Å². The van der Waals surface area contributed by atoms with Gasteiger partial charge in [0.1, 0.15) is 18.3 Å². The van der Waals surface area contributed by atoms with E-state index in [1.807, 2.05) is 6.92 Å². The molecule has 1 amide bonds. The Labute approximate surface area is 448 Å². The summed E-state index contributed by atoms with van der Waals surface area (Å²) in [7, 11) is 0. The number of unbranched alkanes of at least 4 members (excludes halogenated alkanes) is 38. The van der Waals surface area contributed by atoms with Gasteiger partial charge in [0.05, 0.1) is 38.6 Å². The fourth-order valence-electron chi connectivity index (χ4n) is 10.5. The van der Waals surface area contributed by atoms with E-state index >= 15 is 0 Å². The number of nitrogens with one attached hydrogen (secondary N) is 1. The minimum atomic E-state index is -2.42. The quantitative estimate of drug-likeness (QED) is 0.0319. The summed E-state index contributed by atoms with van der Waals surface area (Å²) in [6, 6.07) is -1.26. The van der Waals surface area contributed by atoms with E-state index < -0.39 is 66.6 Å². The maximum Gasteiger partial charge on any atom is 0.364 e. The molecule has 0 bridgehead atoms. The smallest absolute Gasteiger partial charge is 0.364 e. The number of carboxylic acid groups (broad SMARTS) is 1. The molecule has 1 saturated heterocycles. The van der Waals surface area contributed by atoms with Gasteiger partial charge in [-0.3, -0.25) is 4.79 Å². The van der Waals surface area contributed by atoms with Crippen LogP contribution in [-0.2, 0) is 28.5 Å². The minimum absolute atomic E-state index is 0.142. The van der Waals surface area contributed by atoms with E-state index in [9.17, 15) is 35.1 Å². The molecule has 0 saturated carbocycles. The van der Waals surface area contributed by atoms with Crippen molar-refractivity contribution in [3.63, 3.8) is 0 Å². The lowest BCUT2D eigenvalue weighted by atomic mass is 9.86. The molecule has 6 N–H and O–H groups in total. The van der Waals surface area contributed by atoms with Crippen LogP contribution in [0.25, 0.3) is 0 Å². The number of carbonyl (C=O) groups is 2. The molecule has 0 unspecified atom stereocenters. The summed E-state index contributed by atoms with van der Waals surface area (Å²) in [5, 5.41) is 55.1. The van der Waals surface area contributed by atoms with Gasteiger partial charge in [0.25, 0.3) is 5.79 Å². The summed E-state index contributed by atoms with van der Waals surface area (Å²) in [6.45, 7) is 8.43. The molecular formula is C61H119NO11. The summed E-state index contributed by atoms with van der Waals surface area (Å²) in [6.07, 6.45) is 46.2. The van der Waals surface area contributed by atoms with Crippen LogP contribution in [0.5, 0.6) is 0 Å². The van der Waals surface area contributed by atoms with Gasteiger partial charge in [-0.2, -0.15) is 0 Å². The molecule has 1 heterocycles. The van der Waals surface area contributed by atoms with E-state index in [2.05, 4.69) is 19.2 Å². The largest absolute Gasteiger partial charge is 0.477 e. The van der Waals surface area contributed by atoms with Gasteiger partial charge in [0.15, 0.2) is 0 Å². The van der Waals surface area contributed by atoms with Crippen LogP contribution in [0, 0.1) is 5.41 Å². The molecule has 6 atom stereocenters. The zero-order valence-corrected chi connectivity index (χ0v) is 48.0. The highest BCUT2D eigenvalue weighted by atomic mass is 16.7. The highest BCUT2D eigenvalue weighted by Crippen LogP contribution is 2.36. The third kappa shape index (κ3) is 35.6. The van der Waals surface area contributed by atoms with Crippen molar-refractivity contribution in [2.75, 3.05) is 39.6 Å². The Morgan fingerprint density at radius 3 is 1.14 bits per heavy atom. The number of rotatable bonds is 55. The fourth-order valence-corrected chi connectivity index (χ4v) is 10.5. The first kappa shape index (κ1) is 69.6. The predicted molar refractivity (Wildman–Crippen MR) is 299 cm³/mol. The molecule has 0 aromatic heterocycles.